The molecule has 0 atom stereocenters. The van der Waals surface area contributed by atoms with Crippen LogP contribution in [-0.2, 0) is 6.54 Å². The number of nitrogens with one attached hydrogen (secondary N) is 2. The molecule has 0 saturated carbocycles. The van der Waals surface area contributed by atoms with Crippen molar-refractivity contribution in [1.82, 2.24) is 25.6 Å². The van der Waals surface area contributed by atoms with Crippen LogP contribution in [-0.4, -0.2) is 47.0 Å². The molecule has 0 saturated heterocycles. The van der Waals surface area contributed by atoms with Crippen molar-refractivity contribution in [1.29, 1.82) is 0 Å². The molecule has 15 heavy (non-hydrogen) atoms. The smallest absolute Gasteiger partial charge is 0.0964 e. The fraction of sp³-hybridized carbons (Fsp3) is 0.800. The first-order valence-corrected chi connectivity index (χ1v) is 5.42. The van der Waals surface area contributed by atoms with Gasteiger partial charge in [0.25, 0.3) is 0 Å². The SMILES string of the molecule is CC(C)CNCCN(C)Cc1cn[nH]n1. The summed E-state index contributed by atoms with van der Waals surface area (Å²) in [7, 11) is 2.09. The molecule has 0 aliphatic carbocycles. The van der Waals surface area contributed by atoms with Crippen LogP contribution in [0.3, 0.4) is 0 Å². The summed E-state index contributed by atoms with van der Waals surface area (Å²) in [5, 5.41) is 13.8. The quantitative estimate of drug-likeness (QED) is 0.644. The zero-order valence-electron chi connectivity index (χ0n) is 9.82. The minimum atomic E-state index is 0.714. The molecule has 2 N–H and O–H groups in total. The Morgan fingerprint density at radius 3 is 2.93 bits per heavy atom. The first-order valence-electron chi connectivity index (χ1n) is 5.42. The number of rotatable bonds is 7. The van der Waals surface area contributed by atoms with Crippen LogP contribution in [0.1, 0.15) is 19.5 Å². The topological polar surface area (TPSA) is 56.8 Å². The number of nitrogens with zero attached hydrogens (tertiary/aromatic N) is 3. The van der Waals surface area contributed by atoms with Gasteiger partial charge in [0.05, 0.1) is 11.9 Å². The maximum atomic E-state index is 4.01. The molecule has 0 amide bonds. The highest BCUT2D eigenvalue weighted by Gasteiger charge is 2.02. The van der Waals surface area contributed by atoms with Crippen molar-refractivity contribution in [3.8, 4) is 0 Å². The molecule has 1 aromatic heterocycles. The number of hydrogen-bond donors (Lipinski definition) is 2. The fourth-order valence-corrected chi connectivity index (χ4v) is 1.32. The number of likely N-dealkylation sites (N-methyl/N-ethyl adjacent to an activating group) is 1. The molecule has 0 spiro atoms. The third-order valence-corrected chi connectivity index (χ3v) is 2.12. The summed E-state index contributed by atoms with van der Waals surface area (Å²) in [6.07, 6.45) is 1.76. The van der Waals surface area contributed by atoms with Crippen LogP contribution in [0.4, 0.5) is 0 Å². The Kier molecular flexibility index (Phi) is 5.28. The van der Waals surface area contributed by atoms with E-state index in [1.54, 1.807) is 6.20 Å². The van der Waals surface area contributed by atoms with Crippen molar-refractivity contribution in [2.45, 2.75) is 20.4 Å². The second kappa shape index (κ2) is 6.53. The Balaban J connectivity index is 2.06. The maximum Gasteiger partial charge on any atom is 0.0964 e. The predicted octanol–water partition coefficient (Wildman–Crippen LogP) is 0.482. The van der Waals surface area contributed by atoms with Gasteiger partial charge in [0.1, 0.15) is 0 Å². The van der Waals surface area contributed by atoms with Crippen molar-refractivity contribution >= 4 is 0 Å². The van der Waals surface area contributed by atoms with E-state index >= 15 is 0 Å². The van der Waals surface area contributed by atoms with Gasteiger partial charge in [0, 0.05) is 19.6 Å². The van der Waals surface area contributed by atoms with Gasteiger partial charge in [0.2, 0.25) is 0 Å². The van der Waals surface area contributed by atoms with E-state index in [0.717, 1.165) is 31.9 Å². The third-order valence-electron chi connectivity index (χ3n) is 2.12. The van der Waals surface area contributed by atoms with Crippen molar-refractivity contribution < 1.29 is 0 Å². The second-order valence-electron chi connectivity index (χ2n) is 4.30. The van der Waals surface area contributed by atoms with Crippen LogP contribution in [0.5, 0.6) is 0 Å². The molecule has 0 bridgehead atoms. The Hall–Kier alpha value is -0.940. The van der Waals surface area contributed by atoms with E-state index in [-0.39, 0.29) is 0 Å². The molecule has 1 heterocycles. The lowest BCUT2D eigenvalue weighted by Crippen LogP contribution is -2.30. The van der Waals surface area contributed by atoms with E-state index in [2.05, 4.69) is 46.5 Å². The lowest BCUT2D eigenvalue weighted by molar-refractivity contribution is 0.318. The molecular formula is C10H21N5. The fourth-order valence-electron chi connectivity index (χ4n) is 1.32. The number of hydrogen-bond acceptors (Lipinski definition) is 4. The van der Waals surface area contributed by atoms with E-state index in [0.29, 0.717) is 5.92 Å². The number of H-pyrrole nitrogens is 1. The first kappa shape index (κ1) is 12.1. The van der Waals surface area contributed by atoms with Crippen LogP contribution < -0.4 is 5.32 Å². The maximum absolute atomic E-state index is 4.01. The van der Waals surface area contributed by atoms with Crippen molar-refractivity contribution in [3.05, 3.63) is 11.9 Å². The number of aromatic amines is 1. The Morgan fingerprint density at radius 2 is 2.33 bits per heavy atom. The summed E-state index contributed by atoms with van der Waals surface area (Å²) < 4.78 is 0. The van der Waals surface area contributed by atoms with Crippen LogP contribution in [0.2, 0.25) is 0 Å². The van der Waals surface area contributed by atoms with Gasteiger partial charge in [-0.2, -0.15) is 15.4 Å². The van der Waals surface area contributed by atoms with Gasteiger partial charge < -0.3 is 5.32 Å². The Morgan fingerprint density at radius 1 is 1.53 bits per heavy atom. The lowest BCUT2D eigenvalue weighted by Gasteiger charge is -2.15. The highest BCUT2D eigenvalue weighted by molar-refractivity contribution is 4.89. The molecule has 86 valence electrons. The molecule has 0 aliphatic rings. The number of aromatic nitrogens is 3. The highest BCUT2D eigenvalue weighted by Crippen LogP contribution is 1.94. The normalized spacial score (nSPS) is 11.5. The molecule has 0 fully saturated rings. The van der Waals surface area contributed by atoms with Crippen molar-refractivity contribution in [2.75, 3.05) is 26.7 Å². The lowest BCUT2D eigenvalue weighted by atomic mass is 10.2. The largest absolute Gasteiger partial charge is 0.315 e. The average molecular weight is 211 g/mol. The van der Waals surface area contributed by atoms with Gasteiger partial charge >= 0.3 is 0 Å². The molecule has 1 rings (SSSR count). The summed E-state index contributed by atoms with van der Waals surface area (Å²) in [6, 6.07) is 0. The van der Waals surface area contributed by atoms with E-state index in [1.165, 1.54) is 0 Å². The van der Waals surface area contributed by atoms with E-state index in [9.17, 15) is 0 Å². The predicted molar refractivity (Wildman–Crippen MR) is 60.4 cm³/mol. The van der Waals surface area contributed by atoms with E-state index < -0.39 is 0 Å². The summed E-state index contributed by atoms with van der Waals surface area (Å²) in [4.78, 5) is 2.23. The zero-order chi connectivity index (χ0) is 11.1. The molecule has 0 unspecified atom stereocenters. The molecular weight excluding hydrogens is 190 g/mol. The van der Waals surface area contributed by atoms with Gasteiger partial charge in [-0.3, -0.25) is 4.90 Å². The Bertz CT molecular complexity index is 244. The highest BCUT2D eigenvalue weighted by atomic mass is 15.3. The molecule has 0 radical (unpaired) electrons. The van der Waals surface area contributed by atoms with Crippen molar-refractivity contribution in [3.63, 3.8) is 0 Å². The minimum Gasteiger partial charge on any atom is -0.315 e. The van der Waals surface area contributed by atoms with Gasteiger partial charge in [-0.15, -0.1) is 0 Å². The molecule has 5 heteroatoms. The monoisotopic (exact) mass is 211 g/mol. The van der Waals surface area contributed by atoms with Gasteiger partial charge in [-0.1, -0.05) is 13.8 Å². The van der Waals surface area contributed by atoms with E-state index in [4.69, 9.17) is 0 Å². The second-order valence-corrected chi connectivity index (χ2v) is 4.30. The van der Waals surface area contributed by atoms with Crippen LogP contribution in [0.25, 0.3) is 0 Å². The van der Waals surface area contributed by atoms with Crippen LogP contribution >= 0.6 is 0 Å². The van der Waals surface area contributed by atoms with Gasteiger partial charge in [-0.05, 0) is 19.5 Å². The molecule has 5 nitrogen and oxygen atoms in total. The summed E-state index contributed by atoms with van der Waals surface area (Å²) in [5.41, 5.74) is 0.987. The van der Waals surface area contributed by atoms with Gasteiger partial charge in [0.15, 0.2) is 0 Å². The molecule has 0 aliphatic heterocycles. The summed E-state index contributed by atoms with van der Waals surface area (Å²) >= 11 is 0. The first-order chi connectivity index (χ1) is 7.18. The Labute approximate surface area is 91.2 Å². The molecule has 1 aromatic rings. The van der Waals surface area contributed by atoms with Gasteiger partial charge in [-0.25, -0.2) is 0 Å². The summed E-state index contributed by atoms with van der Waals surface area (Å²) in [6.45, 7) is 8.40. The van der Waals surface area contributed by atoms with Crippen LogP contribution in [0, 0.1) is 5.92 Å². The third kappa shape index (κ3) is 5.49. The van der Waals surface area contributed by atoms with Crippen molar-refractivity contribution in [2.24, 2.45) is 5.92 Å². The average Bonchev–Trinajstić information content (AvgIpc) is 2.64. The van der Waals surface area contributed by atoms with E-state index in [1.807, 2.05) is 0 Å². The van der Waals surface area contributed by atoms with Crippen LogP contribution in [0.15, 0.2) is 6.20 Å². The molecule has 0 aromatic carbocycles. The zero-order valence-corrected chi connectivity index (χ0v) is 9.82. The minimum absolute atomic E-state index is 0.714. The standard InChI is InChI=1S/C10H21N5/c1-9(2)6-11-4-5-15(3)8-10-7-12-14-13-10/h7,9,11H,4-6,8H2,1-3H3,(H,12,13,14). The summed E-state index contributed by atoms with van der Waals surface area (Å²) in [5.74, 6) is 0.714.